The number of hydrogen-bond acceptors (Lipinski definition) is 5. The highest BCUT2D eigenvalue weighted by molar-refractivity contribution is 7.92. The van der Waals surface area contributed by atoms with E-state index in [0.29, 0.717) is 23.1 Å². The summed E-state index contributed by atoms with van der Waals surface area (Å²) >= 11 is 6.34. The Bertz CT molecular complexity index is 1160. The molecule has 0 saturated heterocycles. The average Bonchev–Trinajstić information content (AvgIpc) is 2.80. The summed E-state index contributed by atoms with van der Waals surface area (Å²) in [6.45, 7) is 9.95. The van der Waals surface area contributed by atoms with E-state index in [1.807, 2.05) is 39.8 Å². The number of carbonyl (C=O) groups is 2. The number of nitrogens with zero attached hydrogens (tertiary/aromatic N) is 2. The van der Waals surface area contributed by atoms with Gasteiger partial charge in [-0.3, -0.25) is 13.9 Å². The molecule has 0 fully saturated rings. The molecule has 10 heteroatoms. The van der Waals surface area contributed by atoms with Gasteiger partial charge >= 0.3 is 0 Å². The van der Waals surface area contributed by atoms with Crippen LogP contribution in [-0.4, -0.2) is 56.1 Å². The lowest BCUT2D eigenvalue weighted by Gasteiger charge is -2.32. The summed E-state index contributed by atoms with van der Waals surface area (Å²) in [5, 5.41) is 3.42. The van der Waals surface area contributed by atoms with E-state index in [9.17, 15) is 18.0 Å². The molecule has 2 amide bonds. The van der Waals surface area contributed by atoms with E-state index in [1.54, 1.807) is 43.3 Å². The molecule has 0 heterocycles. The average molecular weight is 552 g/mol. The van der Waals surface area contributed by atoms with Crippen LogP contribution in [0.5, 0.6) is 5.75 Å². The standard InChI is InChI=1S/C27H38ClN3O5S/c1-7-36-23-16-14-22(15-17-23)31(37(6,34)35)18-10-13-25(32)30(19-21-11-8-9-12-24(21)28)20(2)26(33)29-27(3,4)5/h8-9,11-12,14-17,20H,7,10,13,18-19H2,1-6H3,(H,29,33)/t20-/m1/s1. The lowest BCUT2D eigenvalue weighted by Crippen LogP contribution is -2.52. The fraction of sp³-hybridized carbons (Fsp3) is 0.481. The number of rotatable bonds is 12. The molecule has 1 atom stereocenters. The number of anilines is 1. The lowest BCUT2D eigenvalue weighted by molar-refractivity contribution is -0.141. The number of ether oxygens (including phenoxy) is 1. The van der Waals surface area contributed by atoms with Crippen molar-refractivity contribution in [1.82, 2.24) is 10.2 Å². The highest BCUT2D eigenvalue weighted by Crippen LogP contribution is 2.23. The maximum atomic E-state index is 13.4. The van der Waals surface area contributed by atoms with Crippen molar-refractivity contribution in [2.45, 2.75) is 65.6 Å². The predicted molar refractivity (Wildman–Crippen MR) is 148 cm³/mol. The monoisotopic (exact) mass is 551 g/mol. The van der Waals surface area contributed by atoms with Crippen LogP contribution in [0, 0.1) is 0 Å². The highest BCUT2D eigenvalue weighted by atomic mass is 35.5. The zero-order valence-electron chi connectivity index (χ0n) is 22.5. The van der Waals surface area contributed by atoms with Gasteiger partial charge in [-0.1, -0.05) is 29.8 Å². The van der Waals surface area contributed by atoms with Crippen LogP contribution in [0.25, 0.3) is 0 Å². The highest BCUT2D eigenvalue weighted by Gasteiger charge is 2.29. The minimum Gasteiger partial charge on any atom is -0.494 e. The molecule has 0 aliphatic rings. The molecule has 204 valence electrons. The van der Waals surface area contributed by atoms with E-state index in [4.69, 9.17) is 16.3 Å². The second-order valence-corrected chi connectivity index (χ2v) is 12.2. The topological polar surface area (TPSA) is 96.0 Å². The summed E-state index contributed by atoms with van der Waals surface area (Å²) in [4.78, 5) is 27.8. The third kappa shape index (κ3) is 9.55. The summed E-state index contributed by atoms with van der Waals surface area (Å²) in [7, 11) is -3.58. The second kappa shape index (κ2) is 13.1. The number of hydrogen-bond donors (Lipinski definition) is 1. The molecule has 0 unspecified atom stereocenters. The van der Waals surface area contributed by atoms with Crippen molar-refractivity contribution in [3.05, 3.63) is 59.1 Å². The zero-order chi connectivity index (χ0) is 27.8. The molecule has 0 bridgehead atoms. The molecule has 0 spiro atoms. The minimum atomic E-state index is -3.58. The maximum absolute atomic E-state index is 13.4. The van der Waals surface area contributed by atoms with E-state index < -0.39 is 21.6 Å². The summed E-state index contributed by atoms with van der Waals surface area (Å²) < 4.78 is 31.7. The summed E-state index contributed by atoms with van der Waals surface area (Å²) in [6, 6.07) is 13.2. The van der Waals surface area contributed by atoms with Crippen LogP contribution in [0.15, 0.2) is 48.5 Å². The van der Waals surface area contributed by atoms with E-state index in [-0.39, 0.29) is 37.7 Å². The van der Waals surface area contributed by atoms with Gasteiger partial charge in [0.1, 0.15) is 11.8 Å². The van der Waals surface area contributed by atoms with Crippen molar-refractivity contribution in [1.29, 1.82) is 0 Å². The Labute approximate surface area is 226 Å². The first kappa shape index (κ1) is 30.4. The number of carbonyl (C=O) groups excluding carboxylic acids is 2. The fourth-order valence-electron chi connectivity index (χ4n) is 3.75. The van der Waals surface area contributed by atoms with Gasteiger partial charge in [-0.15, -0.1) is 0 Å². The molecule has 0 saturated carbocycles. The van der Waals surface area contributed by atoms with Crippen LogP contribution in [-0.2, 0) is 26.2 Å². The quantitative estimate of drug-likeness (QED) is 0.415. The first-order chi connectivity index (χ1) is 17.2. The smallest absolute Gasteiger partial charge is 0.242 e. The van der Waals surface area contributed by atoms with Crippen molar-refractivity contribution in [2.24, 2.45) is 0 Å². The number of nitrogens with one attached hydrogen (secondary N) is 1. The molecule has 0 aromatic heterocycles. The molecule has 0 aliphatic heterocycles. The van der Waals surface area contributed by atoms with Crippen molar-refractivity contribution < 1.29 is 22.7 Å². The van der Waals surface area contributed by atoms with E-state index >= 15 is 0 Å². The van der Waals surface area contributed by atoms with Gasteiger partial charge in [0.05, 0.1) is 18.6 Å². The molecule has 0 aliphatic carbocycles. The van der Waals surface area contributed by atoms with Gasteiger partial charge < -0.3 is 15.0 Å². The lowest BCUT2D eigenvalue weighted by atomic mass is 10.1. The SMILES string of the molecule is CCOc1ccc(N(CCCC(=O)N(Cc2ccccc2Cl)[C@H](C)C(=O)NC(C)(C)C)S(C)(=O)=O)cc1. The predicted octanol–water partition coefficient (Wildman–Crippen LogP) is 4.62. The number of sulfonamides is 1. The minimum absolute atomic E-state index is 0.0562. The Hall–Kier alpha value is -2.78. The second-order valence-electron chi connectivity index (χ2n) is 9.89. The van der Waals surface area contributed by atoms with Gasteiger partial charge in [-0.05, 0) is 76.9 Å². The van der Waals surface area contributed by atoms with Crippen LogP contribution >= 0.6 is 11.6 Å². The molecule has 1 N–H and O–H groups in total. The Kier molecular flexibility index (Phi) is 10.8. The Morgan fingerprint density at radius 3 is 2.24 bits per heavy atom. The maximum Gasteiger partial charge on any atom is 0.242 e. The molecular weight excluding hydrogens is 514 g/mol. The van der Waals surface area contributed by atoms with Crippen LogP contribution in [0.4, 0.5) is 5.69 Å². The van der Waals surface area contributed by atoms with E-state index in [1.165, 1.54) is 9.21 Å². The molecule has 0 radical (unpaired) electrons. The normalized spacial score (nSPS) is 12.5. The van der Waals surface area contributed by atoms with Crippen LogP contribution in [0.1, 0.15) is 53.0 Å². The largest absolute Gasteiger partial charge is 0.494 e. The van der Waals surface area contributed by atoms with Gasteiger partial charge in [0.2, 0.25) is 21.8 Å². The van der Waals surface area contributed by atoms with Crippen molar-refractivity contribution in [2.75, 3.05) is 23.7 Å². The van der Waals surface area contributed by atoms with Gasteiger partial charge in [0, 0.05) is 30.1 Å². The van der Waals surface area contributed by atoms with Crippen molar-refractivity contribution in [3.8, 4) is 5.75 Å². The molecular formula is C27H38ClN3O5S. The van der Waals surface area contributed by atoms with E-state index in [2.05, 4.69) is 5.32 Å². The molecule has 2 aromatic carbocycles. The van der Waals surface area contributed by atoms with Gasteiger partial charge in [0.25, 0.3) is 0 Å². The zero-order valence-corrected chi connectivity index (χ0v) is 24.0. The number of benzene rings is 2. The van der Waals surface area contributed by atoms with Crippen LogP contribution in [0.3, 0.4) is 0 Å². The first-order valence-electron chi connectivity index (χ1n) is 12.3. The third-order valence-electron chi connectivity index (χ3n) is 5.55. The van der Waals surface area contributed by atoms with Gasteiger partial charge in [0.15, 0.2) is 0 Å². The first-order valence-corrected chi connectivity index (χ1v) is 14.5. The molecule has 37 heavy (non-hydrogen) atoms. The summed E-state index contributed by atoms with van der Waals surface area (Å²) in [6.07, 6.45) is 1.46. The fourth-order valence-corrected chi connectivity index (χ4v) is 4.91. The van der Waals surface area contributed by atoms with Crippen molar-refractivity contribution >= 4 is 39.1 Å². The Morgan fingerprint density at radius 1 is 1.08 bits per heavy atom. The van der Waals surface area contributed by atoms with Gasteiger partial charge in [-0.25, -0.2) is 8.42 Å². The Morgan fingerprint density at radius 2 is 1.70 bits per heavy atom. The van der Waals surface area contributed by atoms with Crippen molar-refractivity contribution in [3.63, 3.8) is 0 Å². The van der Waals surface area contributed by atoms with Crippen LogP contribution in [0.2, 0.25) is 5.02 Å². The molecule has 2 rings (SSSR count). The van der Waals surface area contributed by atoms with Gasteiger partial charge in [-0.2, -0.15) is 0 Å². The summed E-state index contributed by atoms with van der Waals surface area (Å²) in [5.41, 5.74) is 0.752. The molecule has 2 aromatic rings. The Balaban J connectivity index is 2.19. The van der Waals surface area contributed by atoms with Crippen LogP contribution < -0.4 is 14.4 Å². The third-order valence-corrected chi connectivity index (χ3v) is 7.11. The number of halogens is 1. The van der Waals surface area contributed by atoms with E-state index in [0.717, 1.165) is 11.8 Å². The molecule has 8 nitrogen and oxygen atoms in total. The number of amides is 2. The summed E-state index contributed by atoms with van der Waals surface area (Å²) in [5.74, 6) is 0.101.